The van der Waals surface area contributed by atoms with Gasteiger partial charge in [0.25, 0.3) is 11.6 Å². The van der Waals surface area contributed by atoms with Crippen LogP contribution in [0.3, 0.4) is 0 Å². The number of hydrogen-bond acceptors (Lipinski definition) is 7. The second-order valence-electron chi connectivity index (χ2n) is 11.7. The van der Waals surface area contributed by atoms with E-state index in [-0.39, 0.29) is 5.69 Å². The van der Waals surface area contributed by atoms with Crippen molar-refractivity contribution in [2.75, 3.05) is 16.8 Å². The van der Waals surface area contributed by atoms with Gasteiger partial charge < -0.3 is 10.2 Å². The van der Waals surface area contributed by atoms with Crippen LogP contribution < -0.4 is 15.6 Å². The zero-order chi connectivity index (χ0) is 34.0. The number of hydrazone groups is 1. The first-order valence-corrected chi connectivity index (χ1v) is 15.0. The Kier molecular flexibility index (Phi) is 8.44. The topological polar surface area (TPSA) is 161 Å². The molecule has 0 bridgehead atoms. The number of hydrogen-bond donors (Lipinski definition) is 3. The van der Waals surface area contributed by atoms with Gasteiger partial charge in [0.15, 0.2) is 6.17 Å². The van der Waals surface area contributed by atoms with Gasteiger partial charge in [0, 0.05) is 28.5 Å². The molecule has 1 aliphatic rings. The first-order valence-electron chi connectivity index (χ1n) is 15.0. The van der Waals surface area contributed by atoms with Gasteiger partial charge in [-0.2, -0.15) is 10.2 Å². The Bertz CT molecular complexity index is 2090. The zero-order valence-corrected chi connectivity index (χ0v) is 26.0. The van der Waals surface area contributed by atoms with E-state index < -0.39 is 41.1 Å². The number of rotatable bonds is 8. The smallest absolute Gasteiger partial charge is 0.306 e. The van der Waals surface area contributed by atoms with Crippen LogP contribution in [0, 0.1) is 10.1 Å². The molecular weight excluding hydrogens is 614 g/mol. The van der Waals surface area contributed by atoms with Crippen molar-refractivity contribution in [3.63, 3.8) is 0 Å². The molecule has 1 atom stereocenters. The first kappa shape index (κ1) is 31.6. The van der Waals surface area contributed by atoms with E-state index in [0.29, 0.717) is 27.4 Å². The largest absolute Gasteiger partial charge is 0.347 e. The predicted molar refractivity (Wildman–Crippen MR) is 182 cm³/mol. The molecule has 5 aromatic carbocycles. The van der Waals surface area contributed by atoms with Gasteiger partial charge in [-0.3, -0.25) is 25.0 Å². The molecule has 13 heteroatoms. The molecule has 1 heterocycles. The Morgan fingerprint density at radius 2 is 1.56 bits per heavy atom. The minimum Gasteiger partial charge on any atom is -0.306 e. The van der Waals surface area contributed by atoms with E-state index in [1.165, 1.54) is 34.2 Å². The minimum absolute atomic E-state index is 0.132. The van der Waals surface area contributed by atoms with Gasteiger partial charge in [0.2, 0.25) is 0 Å². The number of urea groups is 2. The highest BCUT2D eigenvalue weighted by Crippen LogP contribution is 2.40. The summed E-state index contributed by atoms with van der Waals surface area (Å²) in [5.74, 6) is -0.665. The summed E-state index contributed by atoms with van der Waals surface area (Å²) in [6.07, 6.45) is -0.0351. The van der Waals surface area contributed by atoms with Crippen molar-refractivity contribution in [1.82, 2.24) is 15.4 Å². The highest BCUT2D eigenvalue weighted by atomic mass is 16.6. The number of carbonyl (C=O) groups excluding carboxylic acids is 3. The number of benzene rings is 5. The summed E-state index contributed by atoms with van der Waals surface area (Å²) in [5.41, 5.74) is 2.19. The third kappa shape index (κ3) is 5.97. The minimum atomic E-state index is -1.32. The van der Waals surface area contributed by atoms with Crippen LogP contribution in [0.1, 0.15) is 19.4 Å². The summed E-state index contributed by atoms with van der Waals surface area (Å²) in [4.78, 5) is 54.2. The molecule has 1 aliphatic heterocycles. The Balaban J connectivity index is 1.31. The fourth-order valence-electron chi connectivity index (χ4n) is 5.96. The normalized spacial score (nSPS) is 15.6. The Morgan fingerprint density at radius 3 is 2.29 bits per heavy atom. The standard InChI is InChI=1S/C35H31N7O6/c1-35(2)32(41(46)33(44)37-29-18-8-13-24-11-3-5-16-27(24)29)40(30-19-9-14-25-12-4-6-17-28(25)30)34(45)39(35)22-31(43)38-36-21-23-10-7-15-26(20-23)42(47)48/h3-21,32,46H,22H2,1-2H3,(H,37,44)(H,38,43). The lowest BCUT2D eigenvalue weighted by molar-refractivity contribution is -0.384. The molecule has 0 saturated carbocycles. The van der Waals surface area contributed by atoms with Crippen LogP contribution in [-0.2, 0) is 4.79 Å². The molecular formula is C35H31N7O6. The number of carbonyl (C=O) groups is 3. The summed E-state index contributed by atoms with van der Waals surface area (Å²) in [7, 11) is 0. The molecule has 1 saturated heterocycles. The molecule has 1 fully saturated rings. The van der Waals surface area contributed by atoms with E-state index in [1.54, 1.807) is 44.2 Å². The van der Waals surface area contributed by atoms with Crippen LogP contribution in [0.4, 0.5) is 26.7 Å². The van der Waals surface area contributed by atoms with Crippen molar-refractivity contribution < 1.29 is 24.5 Å². The zero-order valence-electron chi connectivity index (χ0n) is 26.0. The Morgan fingerprint density at radius 1 is 0.938 bits per heavy atom. The quantitative estimate of drug-likeness (QED) is 0.0775. The van der Waals surface area contributed by atoms with Crippen LogP contribution >= 0.6 is 0 Å². The fraction of sp³-hybridized carbons (Fsp3) is 0.143. The summed E-state index contributed by atoms with van der Waals surface area (Å²) >= 11 is 0. The van der Waals surface area contributed by atoms with Crippen molar-refractivity contribution >= 4 is 62.8 Å². The maximum absolute atomic E-state index is 14.3. The van der Waals surface area contributed by atoms with Crippen molar-refractivity contribution in [2.24, 2.45) is 5.10 Å². The van der Waals surface area contributed by atoms with Gasteiger partial charge in [0.1, 0.15) is 6.54 Å². The van der Waals surface area contributed by atoms with E-state index in [9.17, 15) is 29.7 Å². The SMILES string of the molecule is CC1(C)C(N(O)C(=O)Nc2cccc3ccccc23)N(c2cccc3ccccc23)C(=O)N1CC(=O)NN=Cc1cccc([N+](=O)[O-])c1. The number of nitro groups is 1. The molecule has 13 nitrogen and oxygen atoms in total. The summed E-state index contributed by atoms with van der Waals surface area (Å²) in [6, 6.07) is 29.8. The van der Waals surface area contributed by atoms with Crippen LogP contribution in [0.15, 0.2) is 114 Å². The summed E-state index contributed by atoms with van der Waals surface area (Å²) < 4.78 is 0. The van der Waals surface area contributed by atoms with E-state index >= 15 is 0 Å². The number of fused-ring (bicyclic) bond motifs is 2. The highest BCUT2D eigenvalue weighted by Gasteiger charge is 2.56. The van der Waals surface area contributed by atoms with E-state index in [0.717, 1.165) is 16.2 Å². The molecule has 0 radical (unpaired) electrons. The van der Waals surface area contributed by atoms with Crippen molar-refractivity contribution in [3.8, 4) is 0 Å². The average molecular weight is 646 g/mol. The number of nitrogens with zero attached hydrogens (tertiary/aromatic N) is 5. The average Bonchev–Trinajstić information content (AvgIpc) is 3.28. The molecule has 3 N–H and O–H groups in total. The van der Waals surface area contributed by atoms with Crippen molar-refractivity contribution in [1.29, 1.82) is 0 Å². The lowest BCUT2D eigenvalue weighted by atomic mass is 9.99. The Labute approximate surface area is 274 Å². The van der Waals surface area contributed by atoms with Gasteiger partial charge in [-0.1, -0.05) is 84.9 Å². The Hall–Kier alpha value is -6.34. The number of nitrogens with one attached hydrogen (secondary N) is 2. The number of anilines is 2. The van der Waals surface area contributed by atoms with Crippen molar-refractivity contribution in [2.45, 2.75) is 25.6 Å². The highest BCUT2D eigenvalue weighted by molar-refractivity contribution is 6.07. The maximum atomic E-state index is 14.3. The van der Waals surface area contributed by atoms with Crippen LogP contribution in [0.25, 0.3) is 21.5 Å². The van der Waals surface area contributed by atoms with E-state index in [2.05, 4.69) is 15.8 Å². The van der Waals surface area contributed by atoms with Gasteiger partial charge in [0.05, 0.1) is 28.1 Å². The molecule has 48 heavy (non-hydrogen) atoms. The summed E-state index contributed by atoms with van der Waals surface area (Å²) in [5, 5.41) is 33.0. The number of hydroxylamine groups is 2. The summed E-state index contributed by atoms with van der Waals surface area (Å²) in [6.45, 7) is 2.82. The van der Waals surface area contributed by atoms with Gasteiger partial charge >= 0.3 is 12.1 Å². The molecule has 0 aromatic heterocycles. The molecule has 6 rings (SSSR count). The maximum Gasteiger partial charge on any atom is 0.347 e. The van der Waals surface area contributed by atoms with E-state index in [1.807, 2.05) is 60.7 Å². The molecule has 0 spiro atoms. The van der Waals surface area contributed by atoms with Gasteiger partial charge in [-0.25, -0.2) is 15.0 Å². The van der Waals surface area contributed by atoms with Crippen LogP contribution in [0.2, 0.25) is 0 Å². The lowest BCUT2D eigenvalue weighted by Gasteiger charge is -2.38. The number of non-ortho nitro benzene ring substituents is 1. The number of nitro benzene ring substituents is 1. The number of amides is 5. The van der Waals surface area contributed by atoms with E-state index in [4.69, 9.17) is 0 Å². The van der Waals surface area contributed by atoms with Gasteiger partial charge in [-0.05, 0) is 36.8 Å². The third-order valence-electron chi connectivity index (χ3n) is 8.29. The monoisotopic (exact) mass is 645 g/mol. The van der Waals surface area contributed by atoms with Crippen molar-refractivity contribution in [3.05, 3.63) is 125 Å². The molecule has 0 aliphatic carbocycles. The first-order chi connectivity index (χ1) is 23.1. The van der Waals surface area contributed by atoms with Crippen LogP contribution in [-0.4, -0.2) is 62.5 Å². The molecule has 5 aromatic rings. The second-order valence-corrected chi connectivity index (χ2v) is 11.7. The third-order valence-corrected chi connectivity index (χ3v) is 8.29. The molecule has 242 valence electrons. The second kappa shape index (κ2) is 12.8. The molecule has 5 amide bonds. The molecule has 1 unspecified atom stereocenters. The van der Waals surface area contributed by atoms with Gasteiger partial charge in [-0.15, -0.1) is 0 Å². The van der Waals surface area contributed by atoms with Crippen LogP contribution in [0.5, 0.6) is 0 Å². The predicted octanol–water partition coefficient (Wildman–Crippen LogP) is 6.32. The fourth-order valence-corrected chi connectivity index (χ4v) is 5.96. The lowest BCUT2D eigenvalue weighted by Crippen LogP contribution is -2.58.